The maximum atomic E-state index is 8.95. The van der Waals surface area contributed by atoms with E-state index in [0.29, 0.717) is 13.2 Å². The van der Waals surface area contributed by atoms with Gasteiger partial charge in [0.2, 0.25) is 0 Å². The predicted octanol–water partition coefficient (Wildman–Crippen LogP) is 0.759. The van der Waals surface area contributed by atoms with Gasteiger partial charge in [0.15, 0.2) is 0 Å². The Kier molecular flexibility index (Phi) is 4.17. The molecule has 0 aromatic rings. The van der Waals surface area contributed by atoms with Crippen molar-refractivity contribution in [2.75, 3.05) is 19.8 Å². The van der Waals surface area contributed by atoms with Gasteiger partial charge in [-0.1, -0.05) is 13.8 Å². The summed E-state index contributed by atoms with van der Waals surface area (Å²) in [6.45, 7) is 8.97. The van der Waals surface area contributed by atoms with E-state index in [2.05, 4.69) is 0 Å². The van der Waals surface area contributed by atoms with Gasteiger partial charge >= 0.3 is 0 Å². The van der Waals surface area contributed by atoms with Crippen molar-refractivity contribution in [3.63, 3.8) is 0 Å². The molecule has 0 atom stereocenters. The van der Waals surface area contributed by atoms with Gasteiger partial charge in [-0.15, -0.1) is 0 Å². The van der Waals surface area contributed by atoms with Crippen molar-refractivity contribution in [1.29, 1.82) is 0 Å². The number of aliphatic hydroxyl groups is 1. The zero-order valence-electron chi connectivity index (χ0n) is 8.55. The van der Waals surface area contributed by atoms with Crippen LogP contribution in [0.4, 0.5) is 0 Å². The van der Waals surface area contributed by atoms with E-state index in [1.807, 2.05) is 27.7 Å². The molecule has 0 fully saturated rings. The fourth-order valence-electron chi connectivity index (χ4n) is 0.495. The Balaban J connectivity index is 3.82. The summed E-state index contributed by atoms with van der Waals surface area (Å²) >= 11 is 0. The molecule has 0 heterocycles. The minimum absolute atomic E-state index is 0.133. The monoisotopic (exact) mass is 175 g/mol. The highest BCUT2D eigenvalue weighted by Gasteiger charge is 2.22. The summed E-state index contributed by atoms with van der Waals surface area (Å²) in [6.07, 6.45) is 0. The Morgan fingerprint density at radius 3 is 2.08 bits per heavy atom. The molecular formula is C9H21NO2. The van der Waals surface area contributed by atoms with Crippen LogP contribution in [-0.4, -0.2) is 30.5 Å². The van der Waals surface area contributed by atoms with Gasteiger partial charge in [-0.3, -0.25) is 0 Å². The summed E-state index contributed by atoms with van der Waals surface area (Å²) in [5.41, 5.74) is 5.03. The third kappa shape index (κ3) is 4.70. The van der Waals surface area contributed by atoms with E-state index in [1.54, 1.807) is 0 Å². The molecule has 0 bridgehead atoms. The van der Waals surface area contributed by atoms with E-state index in [0.717, 1.165) is 0 Å². The molecular weight excluding hydrogens is 154 g/mol. The minimum atomic E-state index is -0.285. The van der Waals surface area contributed by atoms with Crippen molar-refractivity contribution in [3.05, 3.63) is 0 Å². The third-order valence-corrected chi connectivity index (χ3v) is 1.77. The van der Waals surface area contributed by atoms with Crippen molar-refractivity contribution in [2.45, 2.75) is 33.3 Å². The highest BCUT2D eigenvalue weighted by molar-refractivity contribution is 4.73. The first-order valence-electron chi connectivity index (χ1n) is 4.28. The molecule has 0 aliphatic rings. The van der Waals surface area contributed by atoms with E-state index in [9.17, 15) is 0 Å². The average molecular weight is 175 g/mol. The smallest absolute Gasteiger partial charge is 0.0748 e. The Hall–Kier alpha value is -0.120. The second-order valence-corrected chi connectivity index (χ2v) is 4.57. The topological polar surface area (TPSA) is 55.5 Å². The summed E-state index contributed by atoms with van der Waals surface area (Å²) in [7, 11) is 0. The molecule has 74 valence electrons. The van der Waals surface area contributed by atoms with Gasteiger partial charge in [-0.2, -0.15) is 0 Å². The first-order chi connectivity index (χ1) is 5.33. The van der Waals surface area contributed by atoms with E-state index < -0.39 is 0 Å². The van der Waals surface area contributed by atoms with Gasteiger partial charge < -0.3 is 15.6 Å². The second kappa shape index (κ2) is 4.21. The summed E-state index contributed by atoms with van der Waals surface area (Å²) < 4.78 is 5.55. The van der Waals surface area contributed by atoms with E-state index in [4.69, 9.17) is 15.6 Å². The molecule has 0 amide bonds. The Labute approximate surface area is 74.9 Å². The van der Waals surface area contributed by atoms with E-state index in [-0.39, 0.29) is 17.6 Å². The number of hydrogen-bond acceptors (Lipinski definition) is 3. The molecule has 3 nitrogen and oxygen atoms in total. The van der Waals surface area contributed by atoms with Crippen LogP contribution in [0.15, 0.2) is 0 Å². The molecule has 3 heteroatoms. The average Bonchev–Trinajstić information content (AvgIpc) is 2.02. The molecule has 0 aliphatic carbocycles. The lowest BCUT2D eigenvalue weighted by molar-refractivity contribution is -0.0609. The molecule has 0 unspecified atom stereocenters. The van der Waals surface area contributed by atoms with E-state index in [1.165, 1.54) is 0 Å². The fraction of sp³-hybridized carbons (Fsp3) is 1.00. The van der Waals surface area contributed by atoms with Crippen molar-refractivity contribution in [2.24, 2.45) is 11.1 Å². The number of ether oxygens (including phenoxy) is 1. The Morgan fingerprint density at radius 1 is 1.25 bits per heavy atom. The number of hydrogen-bond donors (Lipinski definition) is 2. The standard InChI is InChI=1S/C9H21NO2/c1-8(2,6-11)7-12-9(3,4)5-10/h11H,5-7,10H2,1-4H3. The van der Waals surface area contributed by atoms with Crippen LogP contribution in [0.2, 0.25) is 0 Å². The number of aliphatic hydroxyl groups excluding tert-OH is 1. The summed E-state index contributed by atoms with van der Waals surface area (Å²) in [5, 5.41) is 8.95. The van der Waals surface area contributed by atoms with Gasteiger partial charge in [0, 0.05) is 12.0 Å². The third-order valence-electron chi connectivity index (χ3n) is 1.77. The number of nitrogens with two attached hydrogens (primary N) is 1. The lowest BCUT2D eigenvalue weighted by Gasteiger charge is -2.29. The fourth-order valence-corrected chi connectivity index (χ4v) is 0.495. The largest absolute Gasteiger partial charge is 0.396 e. The molecule has 0 rings (SSSR count). The van der Waals surface area contributed by atoms with Gasteiger partial charge in [-0.05, 0) is 13.8 Å². The molecule has 0 aromatic heterocycles. The van der Waals surface area contributed by atoms with Crippen LogP contribution >= 0.6 is 0 Å². The summed E-state index contributed by atoms with van der Waals surface area (Å²) in [4.78, 5) is 0. The van der Waals surface area contributed by atoms with Crippen molar-refractivity contribution in [1.82, 2.24) is 0 Å². The van der Waals surface area contributed by atoms with Crippen molar-refractivity contribution < 1.29 is 9.84 Å². The molecule has 0 aromatic carbocycles. The highest BCUT2D eigenvalue weighted by atomic mass is 16.5. The van der Waals surface area contributed by atoms with Crippen molar-refractivity contribution in [3.8, 4) is 0 Å². The maximum Gasteiger partial charge on any atom is 0.0748 e. The first-order valence-corrected chi connectivity index (χ1v) is 4.28. The van der Waals surface area contributed by atoms with Gasteiger partial charge in [0.05, 0.1) is 18.8 Å². The summed E-state index contributed by atoms with van der Waals surface area (Å²) in [6, 6.07) is 0. The Bertz CT molecular complexity index is 116. The van der Waals surface area contributed by atoms with Crippen LogP contribution in [0.3, 0.4) is 0 Å². The van der Waals surface area contributed by atoms with Gasteiger partial charge in [0.25, 0.3) is 0 Å². The zero-order chi connectivity index (χ0) is 9.83. The van der Waals surface area contributed by atoms with Gasteiger partial charge in [-0.25, -0.2) is 0 Å². The maximum absolute atomic E-state index is 8.95. The number of rotatable bonds is 5. The highest BCUT2D eigenvalue weighted by Crippen LogP contribution is 2.18. The summed E-state index contributed by atoms with van der Waals surface area (Å²) in [5.74, 6) is 0. The van der Waals surface area contributed by atoms with Crippen LogP contribution in [0.25, 0.3) is 0 Å². The van der Waals surface area contributed by atoms with Crippen LogP contribution in [0.1, 0.15) is 27.7 Å². The second-order valence-electron chi connectivity index (χ2n) is 4.57. The Morgan fingerprint density at radius 2 is 1.75 bits per heavy atom. The molecule has 0 radical (unpaired) electrons. The SMILES string of the molecule is CC(C)(CO)COC(C)(C)CN. The lowest BCUT2D eigenvalue weighted by Crippen LogP contribution is -2.38. The zero-order valence-corrected chi connectivity index (χ0v) is 8.55. The molecule has 12 heavy (non-hydrogen) atoms. The molecule has 0 saturated heterocycles. The lowest BCUT2D eigenvalue weighted by atomic mass is 9.96. The van der Waals surface area contributed by atoms with Crippen LogP contribution < -0.4 is 5.73 Å². The van der Waals surface area contributed by atoms with Gasteiger partial charge in [0.1, 0.15) is 0 Å². The molecule has 0 saturated carbocycles. The van der Waals surface area contributed by atoms with Crippen LogP contribution in [-0.2, 0) is 4.74 Å². The van der Waals surface area contributed by atoms with Crippen LogP contribution in [0.5, 0.6) is 0 Å². The minimum Gasteiger partial charge on any atom is -0.396 e. The molecule has 0 aliphatic heterocycles. The first kappa shape index (κ1) is 11.9. The predicted molar refractivity (Wildman–Crippen MR) is 50.0 cm³/mol. The normalized spacial score (nSPS) is 13.5. The molecule has 0 spiro atoms. The molecule has 3 N–H and O–H groups in total. The quantitative estimate of drug-likeness (QED) is 0.648. The van der Waals surface area contributed by atoms with E-state index >= 15 is 0 Å². The van der Waals surface area contributed by atoms with Crippen LogP contribution in [0, 0.1) is 5.41 Å². The van der Waals surface area contributed by atoms with Crippen molar-refractivity contribution >= 4 is 0 Å².